The van der Waals surface area contributed by atoms with Crippen molar-refractivity contribution in [3.05, 3.63) is 110 Å². The minimum Gasteiger partial charge on any atom is -0.493 e. The highest BCUT2D eigenvalue weighted by molar-refractivity contribution is 14.1. The third kappa shape index (κ3) is 5.78. The van der Waals surface area contributed by atoms with Crippen LogP contribution >= 0.6 is 34.2 Å². The lowest BCUT2D eigenvalue weighted by atomic mass is 10.1. The smallest absolute Gasteiger partial charge is 0.273 e. The van der Waals surface area contributed by atoms with Crippen LogP contribution in [0.5, 0.6) is 11.5 Å². The number of ether oxygens (including phenoxy) is 2. The van der Waals surface area contributed by atoms with Crippen LogP contribution in [0.1, 0.15) is 21.5 Å². The van der Waals surface area contributed by atoms with Crippen LogP contribution in [0.25, 0.3) is 5.69 Å². The fourth-order valence-corrected chi connectivity index (χ4v) is 4.21. The SMILES string of the molecule is COc1cc(/C=N/NC(=O)c2ccccc2-n2cccc2)cc(I)c1OCc1ccc(Cl)cc1. The third-order valence-electron chi connectivity index (χ3n) is 4.96. The van der Waals surface area contributed by atoms with Crippen molar-refractivity contribution in [3.8, 4) is 17.2 Å². The molecule has 1 amide bonds. The highest BCUT2D eigenvalue weighted by Gasteiger charge is 2.13. The van der Waals surface area contributed by atoms with Crippen LogP contribution in [0.4, 0.5) is 0 Å². The van der Waals surface area contributed by atoms with E-state index in [-0.39, 0.29) is 5.91 Å². The van der Waals surface area contributed by atoms with Gasteiger partial charge in [0, 0.05) is 17.4 Å². The molecule has 0 radical (unpaired) electrons. The predicted molar refractivity (Wildman–Crippen MR) is 142 cm³/mol. The topological polar surface area (TPSA) is 64.8 Å². The summed E-state index contributed by atoms with van der Waals surface area (Å²) in [6, 6.07) is 22.4. The molecule has 0 fully saturated rings. The fourth-order valence-electron chi connectivity index (χ4n) is 3.30. The number of para-hydroxylation sites is 1. The van der Waals surface area contributed by atoms with Crippen LogP contribution in [-0.2, 0) is 6.61 Å². The zero-order valence-corrected chi connectivity index (χ0v) is 21.2. The van der Waals surface area contributed by atoms with E-state index in [0.717, 1.165) is 20.4 Å². The maximum absolute atomic E-state index is 12.7. The van der Waals surface area contributed by atoms with E-state index in [2.05, 4.69) is 33.1 Å². The van der Waals surface area contributed by atoms with Crippen LogP contribution in [0.15, 0.2) is 90.3 Å². The van der Waals surface area contributed by atoms with Crippen molar-refractivity contribution in [2.24, 2.45) is 5.10 Å². The monoisotopic (exact) mass is 585 g/mol. The summed E-state index contributed by atoms with van der Waals surface area (Å²) in [7, 11) is 1.58. The Kier molecular flexibility index (Phi) is 7.87. The molecule has 0 saturated carbocycles. The van der Waals surface area contributed by atoms with Gasteiger partial charge in [-0.25, -0.2) is 5.43 Å². The molecular weight excluding hydrogens is 565 g/mol. The zero-order chi connectivity index (χ0) is 23.9. The van der Waals surface area contributed by atoms with E-state index < -0.39 is 0 Å². The molecule has 4 aromatic rings. The first-order chi connectivity index (χ1) is 16.5. The molecule has 0 bridgehead atoms. The highest BCUT2D eigenvalue weighted by atomic mass is 127. The van der Waals surface area contributed by atoms with Gasteiger partial charge < -0.3 is 14.0 Å². The van der Waals surface area contributed by atoms with Gasteiger partial charge in [-0.05, 0) is 82.2 Å². The second-order valence-corrected chi connectivity index (χ2v) is 8.85. The molecule has 3 aromatic carbocycles. The number of rotatable bonds is 8. The van der Waals surface area contributed by atoms with Crippen LogP contribution in [-0.4, -0.2) is 23.8 Å². The Hall–Kier alpha value is -3.30. The van der Waals surface area contributed by atoms with Crippen molar-refractivity contribution in [1.29, 1.82) is 0 Å². The lowest BCUT2D eigenvalue weighted by Crippen LogP contribution is -2.19. The van der Waals surface area contributed by atoms with Gasteiger partial charge in [0.2, 0.25) is 0 Å². The highest BCUT2D eigenvalue weighted by Crippen LogP contribution is 2.34. The number of carbonyl (C=O) groups excluding carboxylic acids is 1. The first kappa shape index (κ1) is 23.8. The minimum atomic E-state index is -0.301. The molecule has 172 valence electrons. The fraction of sp³-hybridized carbons (Fsp3) is 0.0769. The van der Waals surface area contributed by atoms with Gasteiger partial charge in [-0.1, -0.05) is 35.9 Å². The largest absolute Gasteiger partial charge is 0.493 e. The molecule has 0 spiro atoms. The molecule has 0 aliphatic carbocycles. The molecule has 0 aliphatic rings. The minimum absolute atomic E-state index is 0.301. The number of aromatic nitrogens is 1. The maximum Gasteiger partial charge on any atom is 0.273 e. The number of carbonyl (C=O) groups is 1. The molecule has 4 rings (SSSR count). The number of halogens is 2. The van der Waals surface area contributed by atoms with E-state index in [1.54, 1.807) is 19.4 Å². The summed E-state index contributed by atoms with van der Waals surface area (Å²) >= 11 is 8.13. The summed E-state index contributed by atoms with van der Waals surface area (Å²) in [5, 5.41) is 4.82. The number of amides is 1. The van der Waals surface area contributed by atoms with Crippen molar-refractivity contribution in [2.75, 3.05) is 7.11 Å². The molecule has 8 heteroatoms. The van der Waals surface area contributed by atoms with Crippen molar-refractivity contribution in [2.45, 2.75) is 6.61 Å². The van der Waals surface area contributed by atoms with Crippen molar-refractivity contribution in [1.82, 2.24) is 9.99 Å². The molecule has 34 heavy (non-hydrogen) atoms. The Morgan fingerprint density at radius 3 is 2.56 bits per heavy atom. The molecule has 1 aromatic heterocycles. The van der Waals surface area contributed by atoms with Gasteiger partial charge in [0.15, 0.2) is 11.5 Å². The van der Waals surface area contributed by atoms with Gasteiger partial charge in [0.05, 0.1) is 28.1 Å². The summed E-state index contributed by atoms with van der Waals surface area (Å²) in [5.41, 5.74) is 5.66. The molecular formula is C26H21ClIN3O3. The number of nitrogens with one attached hydrogen (secondary N) is 1. The number of nitrogens with zero attached hydrogens (tertiary/aromatic N) is 2. The summed E-state index contributed by atoms with van der Waals surface area (Å²) in [6.07, 6.45) is 5.35. The van der Waals surface area contributed by atoms with Crippen LogP contribution < -0.4 is 14.9 Å². The molecule has 1 N–H and O–H groups in total. The maximum atomic E-state index is 12.7. The van der Waals surface area contributed by atoms with Crippen LogP contribution in [0.3, 0.4) is 0 Å². The molecule has 0 unspecified atom stereocenters. The number of hydrogen-bond donors (Lipinski definition) is 1. The number of hydrazone groups is 1. The molecule has 0 saturated heterocycles. The zero-order valence-electron chi connectivity index (χ0n) is 18.2. The number of methoxy groups -OCH3 is 1. The Morgan fingerprint density at radius 2 is 1.82 bits per heavy atom. The third-order valence-corrected chi connectivity index (χ3v) is 6.01. The summed E-state index contributed by atoms with van der Waals surface area (Å²) in [5.74, 6) is 0.914. The normalized spacial score (nSPS) is 10.9. The van der Waals surface area contributed by atoms with Crippen LogP contribution in [0, 0.1) is 3.57 Å². The van der Waals surface area contributed by atoms with Crippen molar-refractivity contribution in [3.63, 3.8) is 0 Å². The molecule has 1 heterocycles. The lowest BCUT2D eigenvalue weighted by Gasteiger charge is -2.13. The Labute approximate surface area is 216 Å². The average molecular weight is 586 g/mol. The molecule has 0 aliphatic heterocycles. The standard InChI is InChI=1S/C26H21ClIN3O3/c1-33-24-15-19(14-22(28)25(24)34-17-18-8-10-20(27)11-9-18)16-29-30-26(32)21-6-2-3-7-23(21)31-12-4-5-13-31/h2-16H,17H2,1H3,(H,30,32)/b29-16+. The van der Waals surface area contributed by atoms with Gasteiger partial charge in [-0.2, -0.15) is 5.10 Å². The first-order valence-corrected chi connectivity index (χ1v) is 11.8. The van der Waals surface area contributed by atoms with E-state index in [1.165, 1.54) is 0 Å². The molecule has 6 nitrogen and oxygen atoms in total. The van der Waals surface area contributed by atoms with E-state index in [0.29, 0.717) is 28.7 Å². The Bertz CT molecular complexity index is 1310. The van der Waals surface area contributed by atoms with Crippen LogP contribution in [0.2, 0.25) is 5.02 Å². The van der Waals surface area contributed by atoms with Crippen molar-refractivity contribution < 1.29 is 14.3 Å². The van der Waals surface area contributed by atoms with E-state index in [4.69, 9.17) is 21.1 Å². The first-order valence-electron chi connectivity index (χ1n) is 10.4. The van der Waals surface area contributed by atoms with Gasteiger partial charge >= 0.3 is 0 Å². The lowest BCUT2D eigenvalue weighted by molar-refractivity contribution is 0.0955. The van der Waals surface area contributed by atoms with Gasteiger partial charge in [-0.15, -0.1) is 0 Å². The molecule has 0 atom stereocenters. The van der Waals surface area contributed by atoms with Gasteiger partial charge in [0.1, 0.15) is 6.61 Å². The summed E-state index contributed by atoms with van der Waals surface area (Å²) in [4.78, 5) is 12.7. The van der Waals surface area contributed by atoms with E-state index >= 15 is 0 Å². The Balaban J connectivity index is 1.46. The Morgan fingerprint density at radius 1 is 1.09 bits per heavy atom. The van der Waals surface area contributed by atoms with Gasteiger partial charge in [0.25, 0.3) is 5.91 Å². The average Bonchev–Trinajstić information content (AvgIpc) is 3.39. The number of benzene rings is 3. The number of hydrogen-bond acceptors (Lipinski definition) is 4. The van der Waals surface area contributed by atoms with E-state index in [1.807, 2.05) is 83.7 Å². The summed E-state index contributed by atoms with van der Waals surface area (Å²) < 4.78 is 14.3. The van der Waals surface area contributed by atoms with E-state index in [9.17, 15) is 4.79 Å². The van der Waals surface area contributed by atoms with Gasteiger partial charge in [-0.3, -0.25) is 4.79 Å². The predicted octanol–water partition coefficient (Wildman–Crippen LogP) is 6.09. The van der Waals surface area contributed by atoms with Crippen molar-refractivity contribution >= 4 is 46.3 Å². The second-order valence-electron chi connectivity index (χ2n) is 7.26. The second kappa shape index (κ2) is 11.2. The summed E-state index contributed by atoms with van der Waals surface area (Å²) in [6.45, 7) is 0.383. The quantitative estimate of drug-likeness (QED) is 0.155.